The third-order valence-electron chi connectivity index (χ3n) is 5.30. The van der Waals surface area contributed by atoms with Crippen molar-refractivity contribution in [3.8, 4) is 11.5 Å². The van der Waals surface area contributed by atoms with Gasteiger partial charge in [-0.05, 0) is 40.7 Å². The molecule has 1 atom stereocenters. The highest BCUT2D eigenvalue weighted by Crippen LogP contribution is 2.36. The van der Waals surface area contributed by atoms with Crippen LogP contribution in [-0.4, -0.2) is 60.9 Å². The lowest BCUT2D eigenvalue weighted by Gasteiger charge is -2.31. The van der Waals surface area contributed by atoms with Crippen molar-refractivity contribution >= 4 is 49.9 Å². The monoisotopic (exact) mass is 524 g/mol. The van der Waals surface area contributed by atoms with E-state index in [-0.39, 0.29) is 16.8 Å². The summed E-state index contributed by atoms with van der Waals surface area (Å²) in [7, 11) is 1.56. The molecule has 2 heterocycles. The second kappa shape index (κ2) is 10.2. The van der Waals surface area contributed by atoms with Crippen molar-refractivity contribution in [2.75, 3.05) is 45.3 Å². The van der Waals surface area contributed by atoms with Gasteiger partial charge in [-0.3, -0.25) is 4.90 Å². The Bertz CT molecular complexity index is 1120. The Balaban J connectivity index is 1.59. The molecule has 1 unspecified atom stereocenters. The second-order valence-electron chi connectivity index (χ2n) is 7.29. The summed E-state index contributed by atoms with van der Waals surface area (Å²) in [6.45, 7) is 5.96. The average Bonchev–Trinajstić information content (AvgIpc) is 2.82. The zero-order valence-corrected chi connectivity index (χ0v) is 20.0. The number of aromatic nitrogens is 2. The fourth-order valence-corrected chi connectivity index (χ4v) is 4.01. The maximum atomic E-state index is 14.6. The molecule has 0 aliphatic carbocycles. The Morgan fingerprint density at radius 2 is 2.16 bits per heavy atom. The van der Waals surface area contributed by atoms with Gasteiger partial charge in [0.15, 0.2) is 17.3 Å². The summed E-state index contributed by atoms with van der Waals surface area (Å²) >= 11 is 9.22. The van der Waals surface area contributed by atoms with Gasteiger partial charge in [0.2, 0.25) is 0 Å². The van der Waals surface area contributed by atoms with Gasteiger partial charge in [-0.25, -0.2) is 14.4 Å². The molecule has 1 aliphatic rings. The number of morpholine rings is 1. The van der Waals surface area contributed by atoms with Crippen LogP contribution in [0.4, 0.5) is 15.9 Å². The summed E-state index contributed by atoms with van der Waals surface area (Å²) in [5, 5.41) is 3.64. The van der Waals surface area contributed by atoms with Crippen LogP contribution in [0.1, 0.15) is 6.92 Å². The molecule has 170 valence electrons. The lowest BCUT2D eigenvalue weighted by Crippen LogP contribution is -2.44. The van der Waals surface area contributed by atoms with E-state index in [4.69, 9.17) is 25.8 Å². The summed E-state index contributed by atoms with van der Waals surface area (Å²) in [6.07, 6.45) is 1.39. The quantitative estimate of drug-likeness (QED) is 0.434. The fourth-order valence-electron chi connectivity index (χ4n) is 3.54. The van der Waals surface area contributed by atoms with Crippen LogP contribution in [0.5, 0.6) is 11.5 Å². The number of anilines is 2. The van der Waals surface area contributed by atoms with Gasteiger partial charge in [-0.1, -0.05) is 18.5 Å². The van der Waals surface area contributed by atoms with E-state index < -0.39 is 5.82 Å². The first-order chi connectivity index (χ1) is 15.5. The first-order valence-corrected chi connectivity index (χ1v) is 11.4. The van der Waals surface area contributed by atoms with E-state index in [1.54, 1.807) is 31.4 Å². The van der Waals surface area contributed by atoms with E-state index in [0.717, 1.165) is 19.6 Å². The van der Waals surface area contributed by atoms with Gasteiger partial charge in [-0.2, -0.15) is 0 Å². The van der Waals surface area contributed by atoms with Gasteiger partial charge < -0.3 is 19.5 Å². The highest BCUT2D eigenvalue weighted by Gasteiger charge is 2.21. The molecule has 1 saturated heterocycles. The summed E-state index contributed by atoms with van der Waals surface area (Å²) in [4.78, 5) is 10.9. The van der Waals surface area contributed by atoms with Gasteiger partial charge in [0.1, 0.15) is 24.9 Å². The van der Waals surface area contributed by atoms with Crippen LogP contribution in [0.15, 0.2) is 35.1 Å². The molecule has 1 N–H and O–H groups in total. The van der Waals surface area contributed by atoms with E-state index in [9.17, 15) is 4.39 Å². The lowest BCUT2D eigenvalue weighted by molar-refractivity contribution is -0.0466. The van der Waals surface area contributed by atoms with Gasteiger partial charge in [-0.15, -0.1) is 0 Å². The third-order valence-corrected chi connectivity index (χ3v) is 6.56. The van der Waals surface area contributed by atoms with Crippen LogP contribution in [0, 0.1) is 5.82 Å². The molecule has 1 aliphatic heterocycles. The molecular formula is C22H23BrClFN4O3. The van der Waals surface area contributed by atoms with Gasteiger partial charge in [0, 0.05) is 29.0 Å². The van der Waals surface area contributed by atoms with Gasteiger partial charge in [0.05, 0.1) is 29.9 Å². The number of likely N-dealkylation sites (N-methyl/N-ethyl adjacent to an activating group) is 1. The molecule has 2 aromatic carbocycles. The molecule has 0 amide bonds. The van der Waals surface area contributed by atoms with Crippen molar-refractivity contribution in [1.82, 2.24) is 14.9 Å². The number of nitrogens with zero attached hydrogens (tertiary/aromatic N) is 3. The Hall–Kier alpha value is -2.20. The van der Waals surface area contributed by atoms with Crippen LogP contribution < -0.4 is 14.8 Å². The number of ether oxygens (including phenoxy) is 3. The predicted molar refractivity (Wildman–Crippen MR) is 126 cm³/mol. The van der Waals surface area contributed by atoms with Crippen molar-refractivity contribution in [2.24, 2.45) is 0 Å². The maximum Gasteiger partial charge on any atom is 0.166 e. The summed E-state index contributed by atoms with van der Waals surface area (Å²) in [5.74, 6) is 0.923. The number of halogens is 3. The Morgan fingerprint density at radius 1 is 1.31 bits per heavy atom. The number of rotatable bonds is 7. The smallest absolute Gasteiger partial charge is 0.166 e. The molecule has 32 heavy (non-hydrogen) atoms. The first-order valence-electron chi connectivity index (χ1n) is 10.2. The van der Waals surface area contributed by atoms with Crippen molar-refractivity contribution < 1.29 is 18.6 Å². The summed E-state index contributed by atoms with van der Waals surface area (Å²) < 4.78 is 32.4. The minimum atomic E-state index is -0.576. The van der Waals surface area contributed by atoms with Crippen LogP contribution in [0.25, 0.3) is 10.9 Å². The Morgan fingerprint density at radius 3 is 2.94 bits per heavy atom. The molecule has 0 spiro atoms. The lowest BCUT2D eigenvalue weighted by atomic mass is 10.2. The van der Waals surface area contributed by atoms with Crippen LogP contribution in [-0.2, 0) is 4.74 Å². The highest BCUT2D eigenvalue weighted by molar-refractivity contribution is 9.10. The number of methoxy groups -OCH3 is 1. The third kappa shape index (κ3) is 4.91. The minimum Gasteiger partial charge on any atom is -0.493 e. The van der Waals surface area contributed by atoms with Gasteiger partial charge in [0.25, 0.3) is 0 Å². The Labute approximate surface area is 199 Å². The van der Waals surface area contributed by atoms with Crippen LogP contribution >= 0.6 is 27.5 Å². The van der Waals surface area contributed by atoms with Crippen LogP contribution in [0.2, 0.25) is 5.02 Å². The average molecular weight is 526 g/mol. The Kier molecular flexibility index (Phi) is 7.30. The minimum absolute atomic E-state index is 0.00630. The van der Waals surface area contributed by atoms with Gasteiger partial charge >= 0.3 is 0 Å². The molecule has 3 aromatic rings. The molecule has 0 bridgehead atoms. The maximum absolute atomic E-state index is 14.6. The van der Waals surface area contributed by atoms with Crippen molar-refractivity contribution in [1.29, 1.82) is 0 Å². The van der Waals surface area contributed by atoms with Crippen molar-refractivity contribution in [3.05, 3.63) is 45.9 Å². The largest absolute Gasteiger partial charge is 0.493 e. The summed E-state index contributed by atoms with van der Waals surface area (Å²) in [5.41, 5.74) is 0.828. The molecule has 4 rings (SSSR count). The zero-order chi connectivity index (χ0) is 22.7. The molecule has 0 saturated carbocycles. The van der Waals surface area contributed by atoms with E-state index >= 15 is 0 Å². The predicted octanol–water partition coefficient (Wildman–Crippen LogP) is 5.04. The van der Waals surface area contributed by atoms with E-state index in [1.807, 2.05) is 0 Å². The normalized spacial score (nSPS) is 16.8. The van der Waals surface area contributed by atoms with Crippen molar-refractivity contribution in [3.63, 3.8) is 0 Å². The van der Waals surface area contributed by atoms with E-state index in [2.05, 4.69) is 43.0 Å². The number of fused-ring (bicyclic) bond motifs is 1. The highest BCUT2D eigenvalue weighted by atomic mass is 79.9. The number of nitrogens with one attached hydrogen (secondary N) is 1. The topological polar surface area (TPSA) is 68.7 Å². The molecule has 0 radical (unpaired) electrons. The number of hydrogen-bond acceptors (Lipinski definition) is 7. The molecule has 10 heteroatoms. The van der Waals surface area contributed by atoms with E-state index in [1.165, 1.54) is 6.33 Å². The van der Waals surface area contributed by atoms with Crippen molar-refractivity contribution in [2.45, 2.75) is 13.0 Å². The molecular weight excluding hydrogens is 503 g/mol. The van der Waals surface area contributed by atoms with E-state index in [0.29, 0.717) is 45.9 Å². The van der Waals surface area contributed by atoms with Crippen LogP contribution in [0.3, 0.4) is 0 Å². The molecule has 1 aromatic heterocycles. The molecule has 1 fully saturated rings. The number of hydrogen-bond donors (Lipinski definition) is 1. The number of benzene rings is 2. The first kappa shape index (κ1) is 23.0. The SMILES string of the molecule is CCN1CCOC(COc2cc3ncnc(Nc4ccc(Br)c(Cl)c4F)c3cc2OC)C1. The molecule has 7 nitrogen and oxygen atoms in total. The second-order valence-corrected chi connectivity index (χ2v) is 8.52. The summed E-state index contributed by atoms with van der Waals surface area (Å²) in [6, 6.07) is 6.80. The standard InChI is InChI=1S/C22H23BrClFN4O3/c1-3-29-6-7-31-13(10-29)11-32-19-9-17-14(8-18(19)30-2)22(27-12-26-17)28-16-5-4-15(23)20(24)21(16)25/h4-5,8-9,12-13H,3,6-7,10-11H2,1-2H3,(H,26,27,28). The zero-order valence-electron chi connectivity index (χ0n) is 17.7. The fraction of sp³-hybridized carbons (Fsp3) is 0.364.